The molecule has 4 nitrogen and oxygen atoms in total. The molecule has 0 saturated heterocycles. The highest BCUT2D eigenvalue weighted by Crippen LogP contribution is 2.01. The zero-order chi connectivity index (χ0) is 10.3. The van der Waals surface area contributed by atoms with Crippen LogP contribution >= 0.6 is 0 Å². The van der Waals surface area contributed by atoms with Crippen molar-refractivity contribution in [2.75, 3.05) is 11.5 Å². The fraction of sp³-hybridized carbons (Fsp3) is 0.875. The summed E-state index contributed by atoms with van der Waals surface area (Å²) < 4.78 is 18.9. The van der Waals surface area contributed by atoms with E-state index in [4.69, 9.17) is 15.8 Å². The quantitative estimate of drug-likeness (QED) is 0.676. The molecule has 0 aromatic carbocycles. The molecule has 0 fully saturated rings. The van der Waals surface area contributed by atoms with Crippen LogP contribution in [0, 0.1) is 16.1 Å². The maximum Gasteiger partial charge on any atom is 0.0937 e. The average Bonchev–Trinajstić information content (AvgIpc) is 2.11. The van der Waals surface area contributed by atoms with Crippen LogP contribution in [0.1, 0.15) is 26.2 Å². The van der Waals surface area contributed by atoms with E-state index in [-0.39, 0.29) is 5.75 Å². The van der Waals surface area contributed by atoms with Crippen molar-refractivity contribution < 1.29 is 4.21 Å². The second kappa shape index (κ2) is 5.95. The van der Waals surface area contributed by atoms with Crippen LogP contribution in [0.5, 0.6) is 0 Å². The van der Waals surface area contributed by atoms with Crippen molar-refractivity contribution in [3.05, 3.63) is 0 Å². The Balaban J connectivity index is 3.84. The van der Waals surface area contributed by atoms with Crippen LogP contribution in [0.25, 0.3) is 0 Å². The maximum atomic E-state index is 11.5. The van der Waals surface area contributed by atoms with Gasteiger partial charge in [0.05, 0.1) is 12.1 Å². The number of hydrogen-bond donors (Lipinski definition) is 2. The number of nitrogens with one attached hydrogen (secondary N) is 1. The fourth-order valence-corrected chi connectivity index (χ4v) is 2.46. The lowest BCUT2D eigenvalue weighted by Crippen LogP contribution is -2.22. The molecule has 0 aliphatic heterocycles. The molecule has 0 radical (unpaired) electrons. The Kier molecular flexibility index (Phi) is 5.67. The van der Waals surface area contributed by atoms with Crippen LogP contribution in [-0.4, -0.2) is 21.8 Å². The van der Waals surface area contributed by atoms with Gasteiger partial charge in [0, 0.05) is 21.2 Å². The van der Waals surface area contributed by atoms with Gasteiger partial charge in [0.15, 0.2) is 0 Å². The van der Waals surface area contributed by atoms with Crippen LogP contribution in [0.4, 0.5) is 0 Å². The molecule has 2 atom stereocenters. The highest BCUT2D eigenvalue weighted by molar-refractivity contribution is 7.92. The Morgan fingerprint density at radius 1 is 1.62 bits per heavy atom. The lowest BCUT2D eigenvalue weighted by atomic mass is 10.3. The molecule has 13 heavy (non-hydrogen) atoms. The molecule has 0 aromatic heterocycles. The maximum absolute atomic E-state index is 11.5. The summed E-state index contributed by atoms with van der Waals surface area (Å²) in [5, 5.41) is 8.38. The molecule has 3 N–H and O–H groups in total. The van der Waals surface area contributed by atoms with E-state index >= 15 is 0 Å². The van der Waals surface area contributed by atoms with E-state index in [0.29, 0.717) is 12.2 Å². The molecule has 0 amide bonds. The Labute approximate surface area is 80.1 Å². The van der Waals surface area contributed by atoms with Gasteiger partial charge in [-0.1, -0.05) is 13.3 Å². The third kappa shape index (κ3) is 6.55. The molecule has 0 heterocycles. The first-order valence-electron chi connectivity index (χ1n) is 4.41. The van der Waals surface area contributed by atoms with Gasteiger partial charge in [0.1, 0.15) is 0 Å². The average molecular weight is 203 g/mol. The lowest BCUT2D eigenvalue weighted by molar-refractivity contribution is 0.664. The molecule has 0 aromatic rings. The number of rotatable bonds is 6. The molecule has 0 saturated carbocycles. The topological polar surface area (TPSA) is 90.7 Å². The first kappa shape index (κ1) is 12.4. The van der Waals surface area contributed by atoms with Crippen molar-refractivity contribution in [3.63, 3.8) is 0 Å². The minimum Gasteiger partial charge on any atom is -0.316 e. The van der Waals surface area contributed by atoms with E-state index < -0.39 is 15.8 Å². The smallest absolute Gasteiger partial charge is 0.0937 e. The summed E-state index contributed by atoms with van der Waals surface area (Å²) in [6.07, 6.45) is 2.12. The van der Waals surface area contributed by atoms with Gasteiger partial charge in [-0.15, -0.1) is 0 Å². The number of unbranched alkanes of at least 4 members (excludes halogenated alkanes) is 1. The van der Waals surface area contributed by atoms with Gasteiger partial charge in [-0.05, 0) is 12.8 Å². The number of hydrogen-bond acceptors (Lipinski definition) is 4. The fourth-order valence-electron chi connectivity index (χ4n) is 0.861. The van der Waals surface area contributed by atoms with Crippen LogP contribution in [0.15, 0.2) is 0 Å². The Bertz CT molecular complexity index is 266. The molecule has 0 aliphatic carbocycles. The second-order valence-electron chi connectivity index (χ2n) is 3.10. The van der Waals surface area contributed by atoms with E-state index in [1.807, 2.05) is 13.0 Å². The molecule has 1 unspecified atom stereocenters. The van der Waals surface area contributed by atoms with Crippen molar-refractivity contribution in [1.82, 2.24) is 0 Å². The Morgan fingerprint density at radius 2 is 2.23 bits per heavy atom. The zero-order valence-corrected chi connectivity index (χ0v) is 8.77. The normalized spacial score (nSPS) is 17.3. The van der Waals surface area contributed by atoms with Crippen LogP contribution < -0.4 is 5.73 Å². The minimum atomic E-state index is -2.48. The van der Waals surface area contributed by atoms with E-state index in [1.165, 1.54) is 0 Å². The summed E-state index contributed by atoms with van der Waals surface area (Å²) in [7, 11) is -2.48. The van der Waals surface area contributed by atoms with Gasteiger partial charge >= 0.3 is 0 Å². The second-order valence-corrected chi connectivity index (χ2v) is 5.54. The van der Waals surface area contributed by atoms with Crippen LogP contribution in [0.2, 0.25) is 0 Å². The molecular weight excluding hydrogens is 186 g/mol. The summed E-state index contributed by atoms with van der Waals surface area (Å²) in [6, 6.07) is 1.29. The Morgan fingerprint density at radius 3 is 2.69 bits per heavy atom. The first-order valence-corrected chi connectivity index (χ1v) is 6.31. The SMILES string of the molecule is CCCCS(=N)(=O)CC[C@H](N)C#N. The minimum absolute atomic E-state index is 0.252. The molecule has 0 spiro atoms. The highest BCUT2D eigenvalue weighted by atomic mass is 32.2. The standard InChI is InChI=1S/C8H17N3OS/c1-2-3-5-13(11,12)6-4-8(10)7-9/h8,11H,2-6,10H2,1H3/t8-,13?/m0/s1. The van der Waals surface area contributed by atoms with Crippen molar-refractivity contribution in [2.45, 2.75) is 32.2 Å². The van der Waals surface area contributed by atoms with E-state index in [9.17, 15) is 4.21 Å². The third-order valence-electron chi connectivity index (χ3n) is 1.75. The van der Waals surface area contributed by atoms with Gasteiger partial charge in [-0.3, -0.25) is 4.78 Å². The van der Waals surface area contributed by atoms with Gasteiger partial charge in [0.25, 0.3) is 0 Å². The summed E-state index contributed by atoms with van der Waals surface area (Å²) in [5.41, 5.74) is 5.34. The van der Waals surface area contributed by atoms with Gasteiger partial charge < -0.3 is 5.73 Å². The number of nitriles is 1. The van der Waals surface area contributed by atoms with Crippen molar-refractivity contribution in [3.8, 4) is 6.07 Å². The monoisotopic (exact) mass is 203 g/mol. The van der Waals surface area contributed by atoms with E-state index in [1.54, 1.807) is 0 Å². The molecule has 0 rings (SSSR count). The van der Waals surface area contributed by atoms with Gasteiger partial charge in [-0.25, -0.2) is 4.21 Å². The molecular formula is C8H17N3OS. The molecule has 0 bridgehead atoms. The lowest BCUT2D eigenvalue weighted by Gasteiger charge is -2.06. The predicted octanol–water partition coefficient (Wildman–Crippen LogP) is 1.07. The highest BCUT2D eigenvalue weighted by Gasteiger charge is 2.08. The van der Waals surface area contributed by atoms with Gasteiger partial charge in [0.2, 0.25) is 0 Å². The van der Waals surface area contributed by atoms with Gasteiger partial charge in [-0.2, -0.15) is 5.26 Å². The number of nitrogens with two attached hydrogens (primary N) is 1. The van der Waals surface area contributed by atoms with Crippen molar-refractivity contribution >= 4 is 9.73 Å². The summed E-state index contributed by atoms with van der Waals surface area (Å²) in [5.74, 6) is 0.684. The largest absolute Gasteiger partial charge is 0.316 e. The van der Waals surface area contributed by atoms with E-state index in [0.717, 1.165) is 12.8 Å². The van der Waals surface area contributed by atoms with Crippen LogP contribution in [0.3, 0.4) is 0 Å². The van der Waals surface area contributed by atoms with Crippen LogP contribution in [-0.2, 0) is 9.73 Å². The summed E-state index contributed by atoms with van der Waals surface area (Å²) >= 11 is 0. The Hall–Kier alpha value is -0.600. The molecule has 5 heteroatoms. The summed E-state index contributed by atoms with van der Waals surface area (Å²) in [6.45, 7) is 2.00. The summed E-state index contributed by atoms with van der Waals surface area (Å²) in [4.78, 5) is 0. The molecule has 76 valence electrons. The van der Waals surface area contributed by atoms with Crippen molar-refractivity contribution in [1.29, 1.82) is 10.0 Å². The number of nitrogens with zero attached hydrogens (tertiary/aromatic N) is 1. The molecule has 0 aliphatic rings. The van der Waals surface area contributed by atoms with Crippen molar-refractivity contribution in [2.24, 2.45) is 5.73 Å². The zero-order valence-electron chi connectivity index (χ0n) is 7.95. The van der Waals surface area contributed by atoms with E-state index in [2.05, 4.69) is 0 Å². The predicted molar refractivity (Wildman–Crippen MR) is 53.7 cm³/mol. The first-order chi connectivity index (χ1) is 6.02. The third-order valence-corrected chi connectivity index (χ3v) is 3.60.